The van der Waals surface area contributed by atoms with E-state index in [1.165, 1.54) is 22.2 Å². The Balaban J connectivity index is 0.00000242. The van der Waals surface area contributed by atoms with Crippen LogP contribution in [0.15, 0.2) is 24.4 Å². The zero-order valence-corrected chi connectivity index (χ0v) is 13.9. The van der Waals surface area contributed by atoms with E-state index in [1.807, 2.05) is 6.20 Å². The molecule has 3 heteroatoms. The van der Waals surface area contributed by atoms with Gasteiger partial charge in [0.2, 0.25) is 0 Å². The maximum atomic E-state index is 4.53. The fourth-order valence-corrected chi connectivity index (χ4v) is 2.40. The third-order valence-electron chi connectivity index (χ3n) is 3.52. The second kappa shape index (κ2) is 7.59. The molecule has 2 rings (SSSR count). The van der Waals surface area contributed by atoms with Crippen molar-refractivity contribution in [2.45, 2.75) is 54.0 Å². The van der Waals surface area contributed by atoms with Gasteiger partial charge in [0, 0.05) is 29.4 Å². The standard InChI is InChI=1S/C18H27N3.CH4/c1-13-7-8-15-16(11-13)20-12-14(2)17(15)19-9-6-10-21-18(3,4)5;/h7-8,11-12,21H,6,9-10H2,1-5H3,(H,19,20);1H4. The van der Waals surface area contributed by atoms with Crippen molar-refractivity contribution >= 4 is 16.6 Å². The van der Waals surface area contributed by atoms with Gasteiger partial charge in [-0.15, -0.1) is 0 Å². The average Bonchev–Trinajstić information content (AvgIpc) is 2.39. The van der Waals surface area contributed by atoms with Gasteiger partial charge in [0.25, 0.3) is 0 Å². The van der Waals surface area contributed by atoms with Crippen LogP contribution >= 0.6 is 0 Å². The molecule has 0 amide bonds. The molecule has 1 heterocycles. The number of aromatic nitrogens is 1. The third-order valence-corrected chi connectivity index (χ3v) is 3.52. The highest BCUT2D eigenvalue weighted by atomic mass is 15.0. The van der Waals surface area contributed by atoms with Gasteiger partial charge in [-0.05, 0) is 64.8 Å². The van der Waals surface area contributed by atoms with Crippen LogP contribution in [0, 0.1) is 13.8 Å². The summed E-state index contributed by atoms with van der Waals surface area (Å²) in [5.74, 6) is 0. The molecule has 0 atom stereocenters. The molecule has 1 aromatic heterocycles. The van der Waals surface area contributed by atoms with E-state index in [2.05, 4.69) is 68.4 Å². The van der Waals surface area contributed by atoms with E-state index in [4.69, 9.17) is 0 Å². The highest BCUT2D eigenvalue weighted by Crippen LogP contribution is 2.26. The van der Waals surface area contributed by atoms with Gasteiger partial charge in [-0.25, -0.2) is 0 Å². The van der Waals surface area contributed by atoms with Crippen LogP contribution in [0.3, 0.4) is 0 Å². The van der Waals surface area contributed by atoms with Crippen molar-refractivity contribution in [1.82, 2.24) is 10.3 Å². The monoisotopic (exact) mass is 301 g/mol. The minimum Gasteiger partial charge on any atom is -0.384 e. The fourth-order valence-electron chi connectivity index (χ4n) is 2.40. The number of aryl methyl sites for hydroxylation is 2. The van der Waals surface area contributed by atoms with E-state index < -0.39 is 0 Å². The molecular weight excluding hydrogens is 270 g/mol. The number of hydrogen-bond acceptors (Lipinski definition) is 3. The summed E-state index contributed by atoms with van der Waals surface area (Å²) in [4.78, 5) is 4.53. The number of rotatable bonds is 5. The number of pyridine rings is 1. The first kappa shape index (κ1) is 18.4. The zero-order valence-electron chi connectivity index (χ0n) is 13.9. The quantitative estimate of drug-likeness (QED) is 0.787. The van der Waals surface area contributed by atoms with Crippen LogP contribution in [0.5, 0.6) is 0 Å². The van der Waals surface area contributed by atoms with Crippen molar-refractivity contribution in [2.75, 3.05) is 18.4 Å². The number of fused-ring (bicyclic) bond motifs is 1. The Bertz CT molecular complexity index is 612. The van der Waals surface area contributed by atoms with E-state index in [1.54, 1.807) is 0 Å². The summed E-state index contributed by atoms with van der Waals surface area (Å²) >= 11 is 0. The minimum atomic E-state index is 0. The first-order chi connectivity index (χ1) is 9.87. The lowest BCUT2D eigenvalue weighted by Crippen LogP contribution is -2.36. The molecule has 0 unspecified atom stereocenters. The number of nitrogens with one attached hydrogen (secondary N) is 2. The molecule has 0 aliphatic heterocycles. The third kappa shape index (κ3) is 4.99. The molecular formula is C19H31N3. The Morgan fingerprint density at radius 3 is 2.50 bits per heavy atom. The molecule has 122 valence electrons. The largest absolute Gasteiger partial charge is 0.384 e. The second-order valence-electron chi connectivity index (χ2n) is 6.79. The SMILES string of the molecule is C.Cc1ccc2c(NCCCNC(C)(C)C)c(C)cnc2c1. The highest BCUT2D eigenvalue weighted by molar-refractivity contribution is 5.93. The smallest absolute Gasteiger partial charge is 0.0725 e. The summed E-state index contributed by atoms with van der Waals surface area (Å²) in [5.41, 5.74) is 4.93. The predicted octanol–water partition coefficient (Wildman–Crippen LogP) is 4.68. The molecule has 0 fully saturated rings. The lowest BCUT2D eigenvalue weighted by molar-refractivity contribution is 0.425. The van der Waals surface area contributed by atoms with Crippen molar-refractivity contribution in [3.63, 3.8) is 0 Å². The molecule has 2 aromatic rings. The van der Waals surface area contributed by atoms with E-state index >= 15 is 0 Å². The Morgan fingerprint density at radius 1 is 1.09 bits per heavy atom. The molecule has 0 bridgehead atoms. The Hall–Kier alpha value is -1.61. The zero-order chi connectivity index (χ0) is 15.5. The van der Waals surface area contributed by atoms with Gasteiger partial charge in [-0.3, -0.25) is 4.98 Å². The van der Waals surface area contributed by atoms with Crippen LogP contribution in [0.1, 0.15) is 45.7 Å². The van der Waals surface area contributed by atoms with Crippen molar-refractivity contribution in [2.24, 2.45) is 0 Å². The van der Waals surface area contributed by atoms with Crippen LogP contribution in [0.2, 0.25) is 0 Å². The van der Waals surface area contributed by atoms with Gasteiger partial charge in [0.1, 0.15) is 0 Å². The Morgan fingerprint density at radius 2 is 1.82 bits per heavy atom. The van der Waals surface area contributed by atoms with E-state index in [0.717, 1.165) is 25.0 Å². The van der Waals surface area contributed by atoms with E-state index in [9.17, 15) is 0 Å². The fraction of sp³-hybridized carbons (Fsp3) is 0.526. The maximum absolute atomic E-state index is 4.53. The molecule has 0 aliphatic carbocycles. The number of hydrogen-bond donors (Lipinski definition) is 2. The molecule has 0 saturated heterocycles. The highest BCUT2D eigenvalue weighted by Gasteiger charge is 2.08. The molecule has 0 aliphatic rings. The predicted molar refractivity (Wildman–Crippen MR) is 98.8 cm³/mol. The summed E-state index contributed by atoms with van der Waals surface area (Å²) < 4.78 is 0. The van der Waals surface area contributed by atoms with Crippen molar-refractivity contribution in [1.29, 1.82) is 0 Å². The van der Waals surface area contributed by atoms with Gasteiger partial charge >= 0.3 is 0 Å². The first-order valence-electron chi connectivity index (χ1n) is 7.72. The van der Waals surface area contributed by atoms with Gasteiger partial charge in [0.15, 0.2) is 0 Å². The lowest BCUT2D eigenvalue weighted by Gasteiger charge is -2.20. The van der Waals surface area contributed by atoms with Crippen LogP contribution in [0.25, 0.3) is 10.9 Å². The van der Waals surface area contributed by atoms with Crippen LogP contribution in [-0.4, -0.2) is 23.6 Å². The molecule has 0 radical (unpaired) electrons. The number of anilines is 1. The molecule has 0 spiro atoms. The molecule has 1 aromatic carbocycles. The van der Waals surface area contributed by atoms with Gasteiger partial charge < -0.3 is 10.6 Å². The Kier molecular flexibility index (Phi) is 6.36. The molecule has 22 heavy (non-hydrogen) atoms. The number of benzene rings is 1. The molecule has 3 nitrogen and oxygen atoms in total. The van der Waals surface area contributed by atoms with Crippen molar-refractivity contribution in [3.05, 3.63) is 35.5 Å². The first-order valence-corrected chi connectivity index (χ1v) is 7.72. The van der Waals surface area contributed by atoms with Crippen molar-refractivity contribution in [3.8, 4) is 0 Å². The second-order valence-corrected chi connectivity index (χ2v) is 6.79. The van der Waals surface area contributed by atoms with Crippen LogP contribution in [-0.2, 0) is 0 Å². The topological polar surface area (TPSA) is 37.0 Å². The summed E-state index contributed by atoms with van der Waals surface area (Å²) in [6.45, 7) is 12.8. The van der Waals surface area contributed by atoms with Gasteiger partial charge in [0.05, 0.1) is 5.52 Å². The normalized spacial score (nSPS) is 11.3. The van der Waals surface area contributed by atoms with Gasteiger partial charge in [-0.1, -0.05) is 19.6 Å². The average molecular weight is 301 g/mol. The Labute approximate surface area is 135 Å². The molecule has 2 N–H and O–H groups in total. The van der Waals surface area contributed by atoms with Crippen LogP contribution in [0.4, 0.5) is 5.69 Å². The van der Waals surface area contributed by atoms with E-state index in [0.29, 0.717) is 0 Å². The van der Waals surface area contributed by atoms with E-state index in [-0.39, 0.29) is 13.0 Å². The molecule has 0 saturated carbocycles. The summed E-state index contributed by atoms with van der Waals surface area (Å²) in [7, 11) is 0. The van der Waals surface area contributed by atoms with Crippen LogP contribution < -0.4 is 10.6 Å². The summed E-state index contributed by atoms with van der Waals surface area (Å²) in [5, 5.41) is 8.31. The van der Waals surface area contributed by atoms with Crippen molar-refractivity contribution < 1.29 is 0 Å². The maximum Gasteiger partial charge on any atom is 0.0725 e. The summed E-state index contributed by atoms with van der Waals surface area (Å²) in [6, 6.07) is 6.46. The van der Waals surface area contributed by atoms with Gasteiger partial charge in [-0.2, -0.15) is 0 Å². The number of nitrogens with zero attached hydrogens (tertiary/aromatic N) is 1. The lowest BCUT2D eigenvalue weighted by atomic mass is 10.1. The minimum absolute atomic E-state index is 0. The summed E-state index contributed by atoms with van der Waals surface area (Å²) in [6.07, 6.45) is 3.06.